The van der Waals surface area contributed by atoms with Gasteiger partial charge in [-0.15, -0.1) is 0 Å². The van der Waals surface area contributed by atoms with Crippen LogP contribution in [0.3, 0.4) is 0 Å². The van der Waals surface area contributed by atoms with Crippen molar-refractivity contribution in [1.82, 2.24) is 62.5 Å². The molecule has 0 saturated heterocycles. The van der Waals surface area contributed by atoms with E-state index in [0.29, 0.717) is 22.4 Å². The van der Waals surface area contributed by atoms with E-state index < -0.39 is 133 Å². The molecule has 0 fully saturated rings. The van der Waals surface area contributed by atoms with Crippen molar-refractivity contribution in [3.05, 3.63) is 126 Å². The van der Waals surface area contributed by atoms with Crippen LogP contribution in [0.1, 0.15) is 55.0 Å². The molecular formula is C56H71N17O12. The van der Waals surface area contributed by atoms with Gasteiger partial charge in [-0.1, -0.05) is 66.7 Å². The van der Waals surface area contributed by atoms with E-state index in [4.69, 9.17) is 22.9 Å². The number of nitrogens with one attached hydrogen (secondary N) is 11. The van der Waals surface area contributed by atoms with Crippen LogP contribution in [-0.2, 0) is 73.6 Å². The Hall–Kier alpha value is -10.2. The fraction of sp³-hybridized carbons (Fsp3) is 0.357. The summed E-state index contributed by atoms with van der Waals surface area (Å²) < 4.78 is 0. The summed E-state index contributed by atoms with van der Waals surface area (Å²) >= 11 is 0. The number of rotatable bonds is 33. The van der Waals surface area contributed by atoms with Gasteiger partial charge in [0.2, 0.25) is 53.2 Å². The molecule has 0 unspecified atom stereocenters. The van der Waals surface area contributed by atoms with Gasteiger partial charge in [0.15, 0.2) is 5.96 Å². The monoisotopic (exact) mass is 1170 g/mol. The molecule has 3 aromatic heterocycles. The van der Waals surface area contributed by atoms with Gasteiger partial charge in [0.25, 0.3) is 0 Å². The van der Waals surface area contributed by atoms with Crippen molar-refractivity contribution >= 4 is 86.9 Å². The van der Waals surface area contributed by atoms with Crippen molar-refractivity contribution in [2.45, 2.75) is 107 Å². The van der Waals surface area contributed by atoms with Gasteiger partial charge >= 0.3 is 5.97 Å². The summed E-state index contributed by atoms with van der Waals surface area (Å²) in [6.45, 7) is -0.309. The predicted octanol–water partition coefficient (Wildman–Crippen LogP) is -3.10. The molecule has 0 aliphatic heterocycles. The minimum absolute atomic E-state index is 0.0172. The van der Waals surface area contributed by atoms with E-state index in [0.717, 1.165) is 21.8 Å². The number of amides is 9. The van der Waals surface area contributed by atoms with Gasteiger partial charge in [0, 0.05) is 84.7 Å². The minimum Gasteiger partial charge on any atom is -0.481 e. The number of carbonyl (C=O) groups excluding carboxylic acids is 9. The first-order valence-corrected chi connectivity index (χ1v) is 27.1. The Morgan fingerprint density at radius 3 is 1.60 bits per heavy atom. The Labute approximate surface area is 486 Å². The summed E-state index contributed by atoms with van der Waals surface area (Å²) in [6, 6.07) is 11.6. The Morgan fingerprint density at radius 1 is 0.565 bits per heavy atom. The van der Waals surface area contributed by atoms with E-state index in [2.05, 4.69) is 67.5 Å². The summed E-state index contributed by atoms with van der Waals surface area (Å²) in [4.78, 5) is 153. The molecule has 29 heteroatoms. The average molecular weight is 1170 g/mol. The number of hydrogen-bond donors (Lipinski definition) is 17. The molecule has 29 nitrogen and oxygen atoms in total. The lowest BCUT2D eigenvalue weighted by Crippen LogP contribution is -2.60. The van der Waals surface area contributed by atoms with E-state index in [1.807, 2.05) is 24.3 Å². The predicted molar refractivity (Wildman–Crippen MR) is 310 cm³/mol. The number of aliphatic imine (C=N–C) groups is 1. The number of aromatic nitrogens is 4. The molecule has 6 rings (SSSR count). The second-order valence-corrected chi connectivity index (χ2v) is 20.1. The van der Waals surface area contributed by atoms with Crippen molar-refractivity contribution in [2.24, 2.45) is 27.9 Å². The zero-order valence-corrected chi connectivity index (χ0v) is 46.4. The number of carboxylic acids is 1. The highest BCUT2D eigenvalue weighted by atomic mass is 16.4. The number of nitrogens with zero attached hydrogens (tertiary/aromatic N) is 2. The van der Waals surface area contributed by atoms with Gasteiger partial charge in [-0.25, -0.2) is 4.98 Å². The van der Waals surface area contributed by atoms with Crippen LogP contribution < -0.4 is 65.5 Å². The molecule has 0 aliphatic rings. The number of H-pyrrole nitrogens is 3. The normalized spacial score (nSPS) is 13.9. The molecule has 3 aromatic carbocycles. The first-order valence-electron chi connectivity index (χ1n) is 27.1. The average Bonchev–Trinajstić information content (AvgIpc) is 3.61. The number of guanidine groups is 1. The maximum atomic E-state index is 14.6. The van der Waals surface area contributed by atoms with Gasteiger partial charge in [0.05, 0.1) is 25.5 Å². The summed E-state index contributed by atoms with van der Waals surface area (Å²) in [5.41, 5.74) is 26.3. The number of para-hydroxylation sites is 2. The standard InChI is InChI=1S/C56H71N17O12/c1-30(57)49(79)71-43(22-33-25-64-38-15-8-6-13-36(33)38)54(84)69-40(17-18-47(76)77)52(82)68-39(16-9-19-62-56(59)60)51(81)72-42(20-31-10-3-2-4-11-31)53(83)73-44(23-34-26-61-29-66-34)50(80)65-27-46(75)67-45(28-74)55(85)70-41(48(58)78)21-32-24-63-37-14-7-5-12-35(32)37/h2-8,10-15,24-26,29-30,39-45,63-64,74H,9,16-23,27-28,57H2,1H3,(H2,58,78)(H,61,66)(H,65,80)(H,67,75)(H,68,82)(H,69,84)(H,70,85)(H,71,79)(H,72,81)(H,73,83)(H,76,77)(H4,59,60,62)/t30-,39-,40-,41-,42-,43-,44-,45-/m0/s1. The maximum Gasteiger partial charge on any atom is 0.303 e. The Morgan fingerprint density at radius 2 is 1.06 bits per heavy atom. The van der Waals surface area contributed by atoms with Crippen molar-refractivity contribution in [2.75, 3.05) is 19.7 Å². The number of aromatic amines is 3. The third-order valence-electron chi connectivity index (χ3n) is 13.5. The molecule has 9 amide bonds. The zero-order valence-electron chi connectivity index (χ0n) is 46.4. The van der Waals surface area contributed by atoms with Crippen LogP contribution >= 0.6 is 0 Å². The van der Waals surface area contributed by atoms with Crippen LogP contribution in [0.15, 0.2) is 109 Å². The second-order valence-electron chi connectivity index (χ2n) is 20.1. The number of carboxylic acid groups (broad SMARTS) is 1. The number of aliphatic carboxylic acids is 1. The first-order chi connectivity index (χ1) is 40.7. The van der Waals surface area contributed by atoms with Gasteiger partial charge in [0.1, 0.15) is 42.3 Å². The maximum absolute atomic E-state index is 14.6. The summed E-state index contributed by atoms with van der Waals surface area (Å²) in [6.07, 6.45) is 4.31. The molecule has 8 atom stereocenters. The number of aliphatic hydroxyl groups is 1. The van der Waals surface area contributed by atoms with E-state index in [-0.39, 0.29) is 51.0 Å². The minimum atomic E-state index is -1.61. The lowest BCUT2D eigenvalue weighted by Gasteiger charge is -2.27. The number of aliphatic hydroxyl groups excluding tert-OH is 1. The van der Waals surface area contributed by atoms with Crippen molar-refractivity contribution in [1.29, 1.82) is 0 Å². The van der Waals surface area contributed by atoms with Crippen LogP contribution in [-0.4, -0.2) is 163 Å². The summed E-state index contributed by atoms with van der Waals surface area (Å²) in [7, 11) is 0. The van der Waals surface area contributed by atoms with Crippen LogP contribution in [0.2, 0.25) is 0 Å². The molecule has 0 saturated carbocycles. The lowest BCUT2D eigenvalue weighted by molar-refractivity contribution is -0.138. The van der Waals surface area contributed by atoms with Gasteiger partial charge in [-0.05, 0) is 55.0 Å². The third kappa shape index (κ3) is 19.5. The van der Waals surface area contributed by atoms with E-state index in [9.17, 15) is 58.2 Å². The number of primary amides is 1. The van der Waals surface area contributed by atoms with Crippen LogP contribution in [0, 0.1) is 0 Å². The van der Waals surface area contributed by atoms with E-state index in [1.165, 1.54) is 19.4 Å². The lowest BCUT2D eigenvalue weighted by atomic mass is 10.0. The highest BCUT2D eigenvalue weighted by Gasteiger charge is 2.34. The SMILES string of the molecule is C[C@H](N)C(=O)N[C@@H](Cc1c[nH]c2ccccc12)C(=O)N[C@@H](CCC(=O)O)C(=O)N[C@@H](CCCN=C(N)N)C(=O)N[C@@H](Cc1ccccc1)C(=O)N[C@@H](Cc1cnc[nH]1)C(=O)NCC(=O)N[C@@H](CO)C(=O)N[C@@H](Cc1c[nH]c2ccccc12)C(N)=O. The molecule has 0 radical (unpaired) electrons. The smallest absolute Gasteiger partial charge is 0.303 e. The molecule has 452 valence electrons. The molecule has 0 aliphatic carbocycles. The van der Waals surface area contributed by atoms with Crippen molar-refractivity contribution in [3.8, 4) is 0 Å². The number of imidazole rings is 1. The van der Waals surface area contributed by atoms with Gasteiger partial charge in [-0.2, -0.15) is 0 Å². The second kappa shape index (κ2) is 31.3. The molecule has 85 heavy (non-hydrogen) atoms. The molecule has 6 aromatic rings. The summed E-state index contributed by atoms with van der Waals surface area (Å²) in [5.74, 6) is -9.71. The van der Waals surface area contributed by atoms with Crippen molar-refractivity contribution < 1.29 is 58.2 Å². The third-order valence-corrected chi connectivity index (χ3v) is 13.5. The number of fused-ring (bicyclic) bond motifs is 2. The number of carbonyl (C=O) groups is 10. The number of nitrogens with two attached hydrogens (primary N) is 4. The Bertz CT molecular complexity index is 3320. The molecule has 3 heterocycles. The highest BCUT2D eigenvalue weighted by molar-refractivity contribution is 5.98. The topological polar surface area (TPSA) is 484 Å². The van der Waals surface area contributed by atoms with E-state index >= 15 is 0 Å². The van der Waals surface area contributed by atoms with Crippen molar-refractivity contribution in [3.63, 3.8) is 0 Å². The van der Waals surface area contributed by atoms with E-state index in [1.54, 1.807) is 67.0 Å². The molecule has 21 N–H and O–H groups in total. The first kappa shape index (κ1) is 64.0. The Kier molecular flexibility index (Phi) is 23.6. The fourth-order valence-electron chi connectivity index (χ4n) is 9.06. The van der Waals surface area contributed by atoms with Crippen LogP contribution in [0.5, 0.6) is 0 Å². The number of benzene rings is 3. The van der Waals surface area contributed by atoms with Gasteiger partial charge < -0.3 is 90.6 Å². The molecule has 0 spiro atoms. The van der Waals surface area contributed by atoms with Crippen LogP contribution in [0.4, 0.5) is 0 Å². The summed E-state index contributed by atoms with van der Waals surface area (Å²) in [5, 5.41) is 41.6. The fourth-order valence-corrected chi connectivity index (χ4v) is 9.06. The zero-order chi connectivity index (χ0) is 61.6. The quantitative estimate of drug-likeness (QED) is 0.0110. The van der Waals surface area contributed by atoms with Gasteiger partial charge in [-0.3, -0.25) is 52.9 Å². The highest BCUT2D eigenvalue weighted by Crippen LogP contribution is 2.21. The molecule has 0 bridgehead atoms. The van der Waals surface area contributed by atoms with Crippen LogP contribution in [0.25, 0.3) is 21.8 Å². The Balaban J connectivity index is 1.18. The molecular weight excluding hydrogens is 1100 g/mol. The number of hydrogen-bond acceptors (Lipinski definition) is 14. The largest absolute Gasteiger partial charge is 0.481 e.